The van der Waals surface area contributed by atoms with E-state index < -0.39 is 12.1 Å². The summed E-state index contributed by atoms with van der Waals surface area (Å²) < 4.78 is 0. The van der Waals surface area contributed by atoms with Gasteiger partial charge in [0.25, 0.3) is 0 Å². The first-order valence-corrected chi connectivity index (χ1v) is 10.0. The molecule has 1 fully saturated rings. The Bertz CT molecular complexity index is 579. The summed E-state index contributed by atoms with van der Waals surface area (Å²) in [6.07, 6.45) is 14.3. The van der Waals surface area contributed by atoms with Gasteiger partial charge < -0.3 is 10.2 Å². The van der Waals surface area contributed by atoms with Gasteiger partial charge >= 0.3 is 5.97 Å². The topological polar surface area (TPSA) is 74.6 Å². The van der Waals surface area contributed by atoms with Crippen LogP contribution in [-0.4, -0.2) is 28.1 Å². The van der Waals surface area contributed by atoms with E-state index in [-0.39, 0.29) is 17.8 Å². The molecular weight excluding hydrogens is 340 g/mol. The van der Waals surface area contributed by atoms with Gasteiger partial charge in [0.1, 0.15) is 5.78 Å². The Balaban J connectivity index is 2.49. The van der Waals surface area contributed by atoms with Gasteiger partial charge in [-0.15, -0.1) is 0 Å². The minimum absolute atomic E-state index is 0.0304. The van der Waals surface area contributed by atoms with Crippen LogP contribution < -0.4 is 0 Å². The molecule has 0 saturated heterocycles. The maximum absolute atomic E-state index is 12.2. The van der Waals surface area contributed by atoms with Crippen LogP contribution >= 0.6 is 0 Å². The zero-order valence-electron chi connectivity index (χ0n) is 17.3. The molecule has 0 aromatic rings. The summed E-state index contributed by atoms with van der Waals surface area (Å²) in [5, 5.41) is 17.9. The normalized spacial score (nSPS) is 21.9. The number of aliphatic hydroxyl groups is 1. The molecule has 4 heteroatoms. The Hall–Kier alpha value is -1.68. The number of rotatable bonds is 11. The molecule has 1 unspecified atom stereocenters. The molecule has 0 aromatic heterocycles. The molecule has 0 bridgehead atoms. The molecule has 3 atom stereocenters. The molecule has 152 valence electrons. The summed E-state index contributed by atoms with van der Waals surface area (Å²) in [6.45, 7) is 8.78. The van der Waals surface area contributed by atoms with Crippen LogP contribution in [0, 0.1) is 17.3 Å². The maximum atomic E-state index is 12.2. The number of hydrogen-bond acceptors (Lipinski definition) is 3. The van der Waals surface area contributed by atoms with Crippen molar-refractivity contribution in [1.82, 2.24) is 0 Å². The fourth-order valence-electron chi connectivity index (χ4n) is 3.33. The second-order valence-corrected chi connectivity index (χ2v) is 8.70. The third-order valence-corrected chi connectivity index (χ3v) is 5.22. The molecule has 0 heterocycles. The third kappa shape index (κ3) is 9.18. The van der Waals surface area contributed by atoms with Crippen molar-refractivity contribution in [2.45, 2.75) is 78.7 Å². The lowest BCUT2D eigenvalue weighted by Gasteiger charge is -2.21. The van der Waals surface area contributed by atoms with Gasteiger partial charge in [0, 0.05) is 12.3 Å². The van der Waals surface area contributed by atoms with Crippen molar-refractivity contribution in [2.24, 2.45) is 17.3 Å². The second kappa shape index (κ2) is 11.2. The summed E-state index contributed by atoms with van der Waals surface area (Å²) in [4.78, 5) is 22.8. The van der Waals surface area contributed by atoms with Crippen molar-refractivity contribution >= 4 is 11.8 Å². The van der Waals surface area contributed by atoms with E-state index in [0.717, 1.165) is 19.3 Å². The van der Waals surface area contributed by atoms with Gasteiger partial charge in [-0.25, -0.2) is 4.79 Å². The molecule has 1 aliphatic rings. The lowest BCUT2D eigenvalue weighted by Crippen LogP contribution is -2.18. The minimum Gasteiger partial charge on any atom is -0.479 e. The quantitative estimate of drug-likeness (QED) is 0.493. The number of ketones is 1. The highest BCUT2D eigenvalue weighted by Gasteiger charge is 2.31. The fraction of sp³-hybridized carbons (Fsp3) is 0.652. The SMILES string of the molecule is CC(C)=CCC(C)(C)C/C=C/[C@H]1CCC(=O)[C@@H]1C/C=C\CCC(O)C(=O)O. The Morgan fingerprint density at radius 2 is 1.93 bits per heavy atom. The van der Waals surface area contributed by atoms with E-state index in [2.05, 4.69) is 45.9 Å². The Morgan fingerprint density at radius 3 is 2.56 bits per heavy atom. The summed E-state index contributed by atoms with van der Waals surface area (Å²) in [6, 6.07) is 0. The van der Waals surface area contributed by atoms with Crippen molar-refractivity contribution in [3.63, 3.8) is 0 Å². The largest absolute Gasteiger partial charge is 0.479 e. The summed E-state index contributed by atoms with van der Waals surface area (Å²) >= 11 is 0. The lowest BCUT2D eigenvalue weighted by molar-refractivity contribution is -0.146. The molecule has 2 N–H and O–H groups in total. The first-order chi connectivity index (χ1) is 12.6. The van der Waals surface area contributed by atoms with Crippen molar-refractivity contribution in [1.29, 1.82) is 0 Å². The monoisotopic (exact) mass is 376 g/mol. The Kier molecular flexibility index (Phi) is 9.71. The van der Waals surface area contributed by atoms with Crippen LogP contribution in [0.1, 0.15) is 72.6 Å². The first kappa shape index (κ1) is 23.4. The van der Waals surface area contributed by atoms with Gasteiger partial charge in [0.05, 0.1) is 0 Å². The number of carboxylic acids is 1. The van der Waals surface area contributed by atoms with Crippen LogP contribution in [-0.2, 0) is 9.59 Å². The molecule has 1 aliphatic carbocycles. The number of carbonyl (C=O) groups is 2. The van der Waals surface area contributed by atoms with E-state index in [1.807, 2.05) is 12.2 Å². The smallest absolute Gasteiger partial charge is 0.332 e. The number of hydrogen-bond donors (Lipinski definition) is 2. The van der Waals surface area contributed by atoms with Gasteiger partial charge in [0.15, 0.2) is 6.10 Å². The van der Waals surface area contributed by atoms with E-state index in [1.54, 1.807) is 0 Å². The van der Waals surface area contributed by atoms with Crippen LogP contribution in [0.5, 0.6) is 0 Å². The number of aliphatic carboxylic acids is 1. The lowest BCUT2D eigenvalue weighted by atomic mass is 9.84. The van der Waals surface area contributed by atoms with Crippen molar-refractivity contribution in [2.75, 3.05) is 0 Å². The Morgan fingerprint density at radius 1 is 1.22 bits per heavy atom. The van der Waals surface area contributed by atoms with E-state index in [4.69, 9.17) is 5.11 Å². The second-order valence-electron chi connectivity index (χ2n) is 8.70. The molecule has 1 rings (SSSR count). The number of allylic oxidation sites excluding steroid dienone is 6. The highest BCUT2D eigenvalue weighted by molar-refractivity contribution is 5.83. The highest BCUT2D eigenvalue weighted by Crippen LogP contribution is 2.34. The number of carboxylic acid groups (broad SMARTS) is 1. The predicted octanol–water partition coefficient (Wildman–Crippen LogP) is 5.08. The highest BCUT2D eigenvalue weighted by atomic mass is 16.4. The van der Waals surface area contributed by atoms with Gasteiger partial charge in [0.2, 0.25) is 0 Å². The summed E-state index contributed by atoms with van der Waals surface area (Å²) in [5.74, 6) is -0.537. The van der Waals surface area contributed by atoms with E-state index in [9.17, 15) is 14.7 Å². The van der Waals surface area contributed by atoms with E-state index in [1.165, 1.54) is 5.57 Å². The molecule has 0 spiro atoms. The molecule has 1 saturated carbocycles. The van der Waals surface area contributed by atoms with E-state index in [0.29, 0.717) is 31.0 Å². The fourth-order valence-corrected chi connectivity index (χ4v) is 3.33. The molecule has 27 heavy (non-hydrogen) atoms. The number of carbonyl (C=O) groups excluding carboxylic acids is 1. The van der Waals surface area contributed by atoms with Crippen molar-refractivity contribution in [3.05, 3.63) is 36.0 Å². The Labute approximate surface area is 164 Å². The van der Waals surface area contributed by atoms with Crippen LogP contribution in [0.3, 0.4) is 0 Å². The van der Waals surface area contributed by atoms with Crippen molar-refractivity contribution < 1.29 is 19.8 Å². The van der Waals surface area contributed by atoms with Gasteiger partial charge in [-0.05, 0) is 63.7 Å². The summed E-state index contributed by atoms with van der Waals surface area (Å²) in [7, 11) is 0. The summed E-state index contributed by atoms with van der Waals surface area (Å²) in [5.41, 5.74) is 1.56. The molecule has 0 aliphatic heterocycles. The zero-order chi connectivity index (χ0) is 20.4. The number of aliphatic hydroxyl groups excluding tert-OH is 1. The molecule has 0 aromatic carbocycles. The van der Waals surface area contributed by atoms with Crippen LogP contribution in [0.4, 0.5) is 0 Å². The molecule has 0 amide bonds. The van der Waals surface area contributed by atoms with Gasteiger partial charge in [-0.2, -0.15) is 0 Å². The molecule has 4 nitrogen and oxygen atoms in total. The van der Waals surface area contributed by atoms with Crippen LogP contribution in [0.2, 0.25) is 0 Å². The average molecular weight is 377 g/mol. The van der Waals surface area contributed by atoms with E-state index >= 15 is 0 Å². The molecular formula is C23H36O4. The van der Waals surface area contributed by atoms with Crippen LogP contribution in [0.15, 0.2) is 36.0 Å². The average Bonchev–Trinajstić information content (AvgIpc) is 2.92. The van der Waals surface area contributed by atoms with Crippen molar-refractivity contribution in [3.8, 4) is 0 Å². The zero-order valence-corrected chi connectivity index (χ0v) is 17.3. The maximum Gasteiger partial charge on any atom is 0.332 e. The standard InChI is InChI=1S/C23H36O4/c1-17(2)14-16-23(3,4)15-8-9-18-12-13-20(24)19(18)10-6-5-7-11-21(25)22(26)27/h5-6,8-9,14,18-19,21,25H,7,10-13,15-16H2,1-4H3,(H,26,27)/b6-5-,9-8+/t18-,19+,21?/m0/s1. The predicted molar refractivity (Wildman–Crippen MR) is 109 cm³/mol. The molecule has 0 radical (unpaired) electrons. The van der Waals surface area contributed by atoms with Crippen LogP contribution in [0.25, 0.3) is 0 Å². The minimum atomic E-state index is -1.31. The number of Topliss-reactive ketones (excluding diaryl/α,β-unsaturated/α-hetero) is 1. The first-order valence-electron chi connectivity index (χ1n) is 10.0. The van der Waals surface area contributed by atoms with Gasteiger partial charge in [-0.1, -0.05) is 49.8 Å². The van der Waals surface area contributed by atoms with Gasteiger partial charge in [-0.3, -0.25) is 4.79 Å². The third-order valence-electron chi connectivity index (χ3n) is 5.22.